The summed E-state index contributed by atoms with van der Waals surface area (Å²) in [7, 11) is 3.00. The summed E-state index contributed by atoms with van der Waals surface area (Å²) in [5, 5.41) is 8.21. The van der Waals surface area contributed by atoms with E-state index < -0.39 is 0 Å². The highest BCUT2D eigenvalue weighted by Crippen LogP contribution is 2.22. The Morgan fingerprint density at radius 3 is 2.13 bits per heavy atom. The van der Waals surface area contributed by atoms with Crippen molar-refractivity contribution in [3.63, 3.8) is 0 Å². The predicted molar refractivity (Wildman–Crippen MR) is 114 cm³/mol. The van der Waals surface area contributed by atoms with Crippen LogP contribution in [0.5, 0.6) is 11.5 Å². The van der Waals surface area contributed by atoms with Crippen LogP contribution in [0.2, 0.25) is 0 Å². The Balaban J connectivity index is 1.92. The van der Waals surface area contributed by atoms with Crippen molar-refractivity contribution >= 4 is 23.4 Å². The van der Waals surface area contributed by atoms with Crippen molar-refractivity contribution in [3.05, 3.63) is 53.6 Å². The van der Waals surface area contributed by atoms with Crippen LogP contribution in [0.4, 0.5) is 5.69 Å². The molecule has 0 aromatic heterocycles. The summed E-state index contributed by atoms with van der Waals surface area (Å²) in [4.78, 5) is 36.9. The number of ether oxygens (including phenoxy) is 2. The van der Waals surface area contributed by atoms with Crippen LogP contribution in [0.3, 0.4) is 0 Å². The Hall–Kier alpha value is -3.55. The number of nitrogens with one attached hydrogen (secondary N) is 3. The summed E-state index contributed by atoms with van der Waals surface area (Å²) in [6.07, 6.45) is 0.872. The third-order valence-corrected chi connectivity index (χ3v) is 4.23. The summed E-state index contributed by atoms with van der Waals surface area (Å²) in [5.41, 5.74) is 1.19. The van der Waals surface area contributed by atoms with E-state index in [0.717, 1.165) is 6.42 Å². The summed E-state index contributed by atoms with van der Waals surface area (Å²) in [5.74, 6) is 0.0898. The molecule has 30 heavy (non-hydrogen) atoms. The molecule has 0 aliphatic rings. The van der Waals surface area contributed by atoms with Crippen LogP contribution in [0.25, 0.3) is 0 Å². The molecule has 8 nitrogen and oxygen atoms in total. The number of hydrogen-bond acceptors (Lipinski definition) is 5. The van der Waals surface area contributed by atoms with Crippen LogP contribution in [0.15, 0.2) is 42.5 Å². The third kappa shape index (κ3) is 6.51. The minimum atomic E-state index is -0.348. The van der Waals surface area contributed by atoms with Gasteiger partial charge in [-0.1, -0.05) is 19.1 Å². The van der Waals surface area contributed by atoms with E-state index in [1.807, 2.05) is 6.92 Å². The Morgan fingerprint density at radius 1 is 0.867 bits per heavy atom. The van der Waals surface area contributed by atoms with Crippen molar-refractivity contribution in [2.75, 3.05) is 32.6 Å². The molecule has 0 saturated heterocycles. The molecule has 0 saturated carbocycles. The van der Waals surface area contributed by atoms with Gasteiger partial charge in [0.2, 0.25) is 5.91 Å². The van der Waals surface area contributed by atoms with Crippen LogP contribution in [-0.2, 0) is 4.79 Å². The Labute approximate surface area is 175 Å². The fraction of sp³-hybridized carbons (Fsp3) is 0.318. The van der Waals surface area contributed by atoms with Crippen molar-refractivity contribution in [2.45, 2.75) is 19.8 Å². The number of methoxy groups -OCH3 is 2. The maximum atomic E-state index is 12.4. The number of carbonyl (C=O) groups excluding carboxylic acids is 3. The average molecular weight is 413 g/mol. The average Bonchev–Trinajstić information content (AvgIpc) is 2.77. The Bertz CT molecular complexity index is 876. The molecule has 8 heteroatoms. The summed E-state index contributed by atoms with van der Waals surface area (Å²) >= 11 is 0. The molecule has 2 aromatic rings. The number of para-hydroxylation sites is 1. The molecule has 160 valence electrons. The zero-order valence-corrected chi connectivity index (χ0v) is 17.4. The van der Waals surface area contributed by atoms with Gasteiger partial charge in [0.1, 0.15) is 11.5 Å². The molecule has 0 aliphatic heterocycles. The molecule has 0 bridgehead atoms. The van der Waals surface area contributed by atoms with Gasteiger partial charge in [0.15, 0.2) is 0 Å². The first-order valence-electron chi connectivity index (χ1n) is 9.66. The fourth-order valence-electron chi connectivity index (χ4n) is 2.67. The summed E-state index contributed by atoms with van der Waals surface area (Å²) in [6, 6.07) is 11.6. The second-order valence-corrected chi connectivity index (χ2v) is 6.46. The molecule has 0 fully saturated rings. The van der Waals surface area contributed by atoms with Gasteiger partial charge in [0.25, 0.3) is 11.8 Å². The first-order chi connectivity index (χ1) is 14.5. The molecular formula is C22H27N3O5. The van der Waals surface area contributed by atoms with Crippen molar-refractivity contribution in [2.24, 2.45) is 0 Å². The fourth-order valence-corrected chi connectivity index (χ4v) is 2.67. The minimum absolute atomic E-state index is 0.0533. The van der Waals surface area contributed by atoms with Gasteiger partial charge in [0, 0.05) is 31.1 Å². The zero-order valence-electron chi connectivity index (χ0n) is 17.4. The molecule has 3 N–H and O–H groups in total. The lowest BCUT2D eigenvalue weighted by molar-refractivity contribution is -0.116. The molecular weight excluding hydrogens is 386 g/mol. The largest absolute Gasteiger partial charge is 0.497 e. The second kappa shape index (κ2) is 11.5. The van der Waals surface area contributed by atoms with E-state index in [-0.39, 0.29) is 30.7 Å². The van der Waals surface area contributed by atoms with E-state index in [1.54, 1.807) is 42.5 Å². The van der Waals surface area contributed by atoms with Gasteiger partial charge in [-0.2, -0.15) is 0 Å². The normalized spacial score (nSPS) is 10.1. The third-order valence-electron chi connectivity index (χ3n) is 4.23. The van der Waals surface area contributed by atoms with E-state index in [4.69, 9.17) is 9.47 Å². The van der Waals surface area contributed by atoms with Crippen LogP contribution in [0.1, 0.15) is 40.5 Å². The smallest absolute Gasteiger partial charge is 0.253 e. The standard InChI is InChI=1S/C22H27N3O5/c1-4-10-23-22(28)18-7-5-6-8-19(18)25-20(26)9-11-24-21(27)15-12-16(29-2)14-17(13-15)30-3/h5-8,12-14H,4,9-11H2,1-3H3,(H,23,28)(H,24,27)(H,25,26). The first kappa shape index (κ1) is 22.7. The van der Waals surface area contributed by atoms with Gasteiger partial charge < -0.3 is 25.4 Å². The number of amides is 3. The zero-order chi connectivity index (χ0) is 21.9. The lowest BCUT2D eigenvalue weighted by atomic mass is 10.1. The van der Waals surface area contributed by atoms with Crippen molar-refractivity contribution in [1.82, 2.24) is 10.6 Å². The molecule has 0 radical (unpaired) electrons. The number of rotatable bonds is 10. The van der Waals surface area contributed by atoms with Crippen LogP contribution in [0, 0.1) is 0 Å². The predicted octanol–water partition coefficient (Wildman–Crippen LogP) is 2.60. The SMILES string of the molecule is CCCNC(=O)c1ccccc1NC(=O)CCNC(=O)c1cc(OC)cc(OC)c1. The Kier molecular flexibility index (Phi) is 8.68. The van der Waals surface area contributed by atoms with E-state index in [0.29, 0.717) is 34.9 Å². The van der Waals surface area contributed by atoms with Crippen LogP contribution in [-0.4, -0.2) is 45.0 Å². The lowest BCUT2D eigenvalue weighted by Crippen LogP contribution is -2.29. The molecule has 3 amide bonds. The molecule has 0 unspecified atom stereocenters. The van der Waals surface area contributed by atoms with Crippen molar-refractivity contribution < 1.29 is 23.9 Å². The van der Waals surface area contributed by atoms with Crippen LogP contribution >= 0.6 is 0 Å². The monoisotopic (exact) mass is 413 g/mol. The molecule has 2 rings (SSSR count). The number of anilines is 1. The van der Waals surface area contributed by atoms with E-state index >= 15 is 0 Å². The van der Waals surface area contributed by atoms with Gasteiger partial charge >= 0.3 is 0 Å². The maximum absolute atomic E-state index is 12.4. The lowest BCUT2D eigenvalue weighted by Gasteiger charge is -2.12. The number of benzene rings is 2. The highest BCUT2D eigenvalue weighted by molar-refractivity contribution is 6.04. The first-order valence-corrected chi connectivity index (χ1v) is 9.66. The minimum Gasteiger partial charge on any atom is -0.497 e. The molecule has 0 spiro atoms. The summed E-state index contributed by atoms with van der Waals surface area (Å²) < 4.78 is 10.3. The van der Waals surface area contributed by atoms with E-state index in [1.165, 1.54) is 14.2 Å². The van der Waals surface area contributed by atoms with Gasteiger partial charge in [0.05, 0.1) is 25.5 Å². The van der Waals surface area contributed by atoms with E-state index in [2.05, 4.69) is 16.0 Å². The van der Waals surface area contributed by atoms with Crippen LogP contribution < -0.4 is 25.4 Å². The van der Waals surface area contributed by atoms with Crippen molar-refractivity contribution in [1.29, 1.82) is 0 Å². The highest BCUT2D eigenvalue weighted by Gasteiger charge is 2.14. The topological polar surface area (TPSA) is 106 Å². The maximum Gasteiger partial charge on any atom is 0.253 e. The summed E-state index contributed by atoms with van der Waals surface area (Å²) in [6.45, 7) is 2.65. The van der Waals surface area contributed by atoms with Gasteiger partial charge in [-0.15, -0.1) is 0 Å². The molecule has 2 aromatic carbocycles. The van der Waals surface area contributed by atoms with Gasteiger partial charge in [-0.05, 0) is 30.7 Å². The molecule has 0 atom stereocenters. The van der Waals surface area contributed by atoms with Crippen molar-refractivity contribution in [3.8, 4) is 11.5 Å². The van der Waals surface area contributed by atoms with Gasteiger partial charge in [-0.3, -0.25) is 14.4 Å². The van der Waals surface area contributed by atoms with Gasteiger partial charge in [-0.25, -0.2) is 0 Å². The second-order valence-electron chi connectivity index (χ2n) is 6.46. The number of hydrogen-bond donors (Lipinski definition) is 3. The van der Waals surface area contributed by atoms with E-state index in [9.17, 15) is 14.4 Å². The Morgan fingerprint density at radius 2 is 1.50 bits per heavy atom. The number of carbonyl (C=O) groups is 3. The highest BCUT2D eigenvalue weighted by atomic mass is 16.5. The quantitative estimate of drug-likeness (QED) is 0.555. The molecule has 0 aliphatic carbocycles. The molecule has 0 heterocycles.